The molecule has 2 rings (SSSR count). The standard InChI is InChI=1S/C16H19N3O/c1-2-4-11-7-9-12(10-8-11)19-14-6-3-5-13(15(14)17)16(18)20/h3,5-10,19H,2,4,17H2,1H3,(H2,18,20). The van der Waals surface area contributed by atoms with Gasteiger partial charge in [-0.3, -0.25) is 4.79 Å². The van der Waals surface area contributed by atoms with Crippen molar-refractivity contribution >= 4 is 23.0 Å². The Morgan fingerprint density at radius 1 is 1.15 bits per heavy atom. The molecule has 0 radical (unpaired) electrons. The number of hydrogen-bond acceptors (Lipinski definition) is 3. The predicted octanol–water partition coefficient (Wildman–Crippen LogP) is 3.06. The summed E-state index contributed by atoms with van der Waals surface area (Å²) in [5.41, 5.74) is 14.8. The van der Waals surface area contributed by atoms with Gasteiger partial charge in [-0.05, 0) is 36.2 Å². The second-order valence-corrected chi connectivity index (χ2v) is 4.70. The Kier molecular flexibility index (Phi) is 4.25. The molecule has 104 valence electrons. The Bertz CT molecular complexity index is 606. The zero-order valence-corrected chi connectivity index (χ0v) is 11.5. The summed E-state index contributed by atoms with van der Waals surface area (Å²) in [6.45, 7) is 2.15. The van der Waals surface area contributed by atoms with Crippen molar-refractivity contribution in [2.45, 2.75) is 19.8 Å². The Labute approximate surface area is 118 Å². The SMILES string of the molecule is CCCc1ccc(Nc2cccc(C(N)=O)c2N)cc1. The molecule has 0 aliphatic heterocycles. The number of anilines is 3. The number of nitrogens with two attached hydrogens (primary N) is 2. The Morgan fingerprint density at radius 2 is 1.85 bits per heavy atom. The summed E-state index contributed by atoms with van der Waals surface area (Å²) < 4.78 is 0. The van der Waals surface area contributed by atoms with Crippen molar-refractivity contribution in [1.82, 2.24) is 0 Å². The summed E-state index contributed by atoms with van der Waals surface area (Å²) in [5, 5.41) is 3.20. The smallest absolute Gasteiger partial charge is 0.250 e. The van der Waals surface area contributed by atoms with Crippen LogP contribution in [0.15, 0.2) is 42.5 Å². The third-order valence-corrected chi connectivity index (χ3v) is 3.14. The highest BCUT2D eigenvalue weighted by atomic mass is 16.1. The second-order valence-electron chi connectivity index (χ2n) is 4.70. The number of amides is 1. The molecule has 5 N–H and O–H groups in total. The number of nitrogen functional groups attached to an aromatic ring is 1. The van der Waals surface area contributed by atoms with E-state index in [1.165, 1.54) is 5.56 Å². The van der Waals surface area contributed by atoms with Crippen LogP contribution in [-0.2, 0) is 6.42 Å². The summed E-state index contributed by atoms with van der Waals surface area (Å²) >= 11 is 0. The van der Waals surface area contributed by atoms with Gasteiger partial charge < -0.3 is 16.8 Å². The number of hydrogen-bond donors (Lipinski definition) is 3. The largest absolute Gasteiger partial charge is 0.396 e. The van der Waals surface area contributed by atoms with Crippen LogP contribution in [0.1, 0.15) is 29.3 Å². The minimum absolute atomic E-state index is 0.331. The Balaban J connectivity index is 2.21. The molecular formula is C16H19N3O. The first-order valence-electron chi connectivity index (χ1n) is 6.66. The maximum Gasteiger partial charge on any atom is 0.250 e. The van der Waals surface area contributed by atoms with E-state index in [-0.39, 0.29) is 0 Å². The van der Waals surface area contributed by atoms with Crippen LogP contribution in [0, 0.1) is 0 Å². The van der Waals surface area contributed by atoms with E-state index in [0.29, 0.717) is 16.9 Å². The van der Waals surface area contributed by atoms with Crippen molar-refractivity contribution in [3.63, 3.8) is 0 Å². The van der Waals surface area contributed by atoms with Gasteiger partial charge in [0, 0.05) is 5.69 Å². The van der Waals surface area contributed by atoms with E-state index < -0.39 is 5.91 Å². The third-order valence-electron chi connectivity index (χ3n) is 3.14. The number of nitrogens with one attached hydrogen (secondary N) is 1. The van der Waals surface area contributed by atoms with Crippen molar-refractivity contribution in [2.75, 3.05) is 11.1 Å². The summed E-state index contributed by atoms with van der Waals surface area (Å²) in [5.74, 6) is -0.524. The van der Waals surface area contributed by atoms with Crippen LogP contribution in [0.25, 0.3) is 0 Å². The van der Waals surface area contributed by atoms with Crippen molar-refractivity contribution in [3.05, 3.63) is 53.6 Å². The molecule has 0 saturated carbocycles. The van der Waals surface area contributed by atoms with Crippen molar-refractivity contribution in [1.29, 1.82) is 0 Å². The molecule has 0 spiro atoms. The molecule has 0 aliphatic rings. The van der Waals surface area contributed by atoms with E-state index in [2.05, 4.69) is 24.4 Å². The molecule has 2 aromatic rings. The fourth-order valence-electron chi connectivity index (χ4n) is 2.09. The summed E-state index contributed by atoms with van der Waals surface area (Å²) in [6.07, 6.45) is 2.19. The monoisotopic (exact) mass is 269 g/mol. The number of carbonyl (C=O) groups is 1. The third kappa shape index (κ3) is 3.09. The Hall–Kier alpha value is -2.49. The lowest BCUT2D eigenvalue weighted by molar-refractivity contribution is 0.100. The molecule has 0 atom stereocenters. The van der Waals surface area contributed by atoms with Gasteiger partial charge in [0.05, 0.1) is 16.9 Å². The van der Waals surface area contributed by atoms with Crippen molar-refractivity contribution in [2.24, 2.45) is 5.73 Å². The first-order valence-corrected chi connectivity index (χ1v) is 6.66. The number of primary amides is 1. The van der Waals surface area contributed by atoms with Crippen LogP contribution in [0.2, 0.25) is 0 Å². The van der Waals surface area contributed by atoms with Gasteiger partial charge in [-0.15, -0.1) is 0 Å². The molecule has 0 fully saturated rings. The van der Waals surface area contributed by atoms with Crippen LogP contribution in [0.3, 0.4) is 0 Å². The van der Waals surface area contributed by atoms with E-state index in [9.17, 15) is 4.79 Å². The highest BCUT2D eigenvalue weighted by Crippen LogP contribution is 2.26. The topological polar surface area (TPSA) is 81.1 Å². The van der Waals surface area contributed by atoms with Gasteiger partial charge >= 0.3 is 0 Å². The van der Waals surface area contributed by atoms with Crippen LogP contribution in [0.4, 0.5) is 17.1 Å². The van der Waals surface area contributed by atoms with Crippen LogP contribution in [0.5, 0.6) is 0 Å². The van der Waals surface area contributed by atoms with Gasteiger partial charge in [0.25, 0.3) is 5.91 Å². The van der Waals surface area contributed by atoms with Gasteiger partial charge in [-0.2, -0.15) is 0 Å². The lowest BCUT2D eigenvalue weighted by atomic mass is 10.1. The zero-order valence-electron chi connectivity index (χ0n) is 11.5. The first-order chi connectivity index (χ1) is 9.61. The van der Waals surface area contributed by atoms with Crippen molar-refractivity contribution < 1.29 is 4.79 Å². The molecule has 4 heteroatoms. The Morgan fingerprint density at radius 3 is 2.45 bits per heavy atom. The molecule has 0 saturated heterocycles. The maximum atomic E-state index is 11.3. The molecule has 20 heavy (non-hydrogen) atoms. The molecule has 0 unspecified atom stereocenters. The molecule has 1 amide bonds. The van der Waals surface area contributed by atoms with E-state index in [1.807, 2.05) is 18.2 Å². The van der Waals surface area contributed by atoms with E-state index in [4.69, 9.17) is 11.5 Å². The average molecular weight is 269 g/mol. The first kappa shape index (κ1) is 13.9. The fraction of sp³-hybridized carbons (Fsp3) is 0.188. The lowest BCUT2D eigenvalue weighted by Gasteiger charge is -2.12. The molecule has 0 heterocycles. The van der Waals surface area contributed by atoms with Crippen LogP contribution in [-0.4, -0.2) is 5.91 Å². The minimum atomic E-state index is -0.524. The fourth-order valence-corrected chi connectivity index (χ4v) is 2.09. The van der Waals surface area contributed by atoms with Crippen LogP contribution >= 0.6 is 0 Å². The number of benzene rings is 2. The molecule has 0 aliphatic carbocycles. The zero-order chi connectivity index (χ0) is 14.5. The maximum absolute atomic E-state index is 11.3. The molecule has 2 aromatic carbocycles. The summed E-state index contributed by atoms with van der Waals surface area (Å²) in [7, 11) is 0. The van der Waals surface area contributed by atoms with E-state index in [0.717, 1.165) is 18.5 Å². The van der Waals surface area contributed by atoms with Gasteiger partial charge in [0.15, 0.2) is 0 Å². The molecule has 4 nitrogen and oxygen atoms in total. The van der Waals surface area contributed by atoms with Gasteiger partial charge in [0.2, 0.25) is 0 Å². The molecule has 0 aromatic heterocycles. The van der Waals surface area contributed by atoms with E-state index >= 15 is 0 Å². The van der Waals surface area contributed by atoms with Gasteiger partial charge in [-0.25, -0.2) is 0 Å². The second kappa shape index (κ2) is 6.10. The number of rotatable bonds is 5. The van der Waals surface area contributed by atoms with E-state index in [1.54, 1.807) is 12.1 Å². The predicted molar refractivity (Wildman–Crippen MR) is 83.1 cm³/mol. The highest BCUT2D eigenvalue weighted by Gasteiger charge is 2.09. The van der Waals surface area contributed by atoms with Crippen molar-refractivity contribution in [3.8, 4) is 0 Å². The quantitative estimate of drug-likeness (QED) is 0.730. The number of para-hydroxylation sites is 1. The van der Waals surface area contributed by atoms with Crippen LogP contribution < -0.4 is 16.8 Å². The molecular weight excluding hydrogens is 250 g/mol. The lowest BCUT2D eigenvalue weighted by Crippen LogP contribution is -2.14. The minimum Gasteiger partial charge on any atom is -0.396 e. The van der Waals surface area contributed by atoms with Gasteiger partial charge in [-0.1, -0.05) is 31.5 Å². The average Bonchev–Trinajstić information content (AvgIpc) is 2.43. The molecule has 0 bridgehead atoms. The number of carbonyl (C=O) groups excluding carboxylic acids is 1. The highest BCUT2D eigenvalue weighted by molar-refractivity contribution is 6.01. The normalized spacial score (nSPS) is 10.2. The summed E-state index contributed by atoms with van der Waals surface area (Å²) in [4.78, 5) is 11.3. The van der Waals surface area contributed by atoms with Gasteiger partial charge in [0.1, 0.15) is 0 Å². The number of aryl methyl sites for hydroxylation is 1. The summed E-state index contributed by atoms with van der Waals surface area (Å²) in [6, 6.07) is 13.4.